The number of pyridine rings is 2. The van der Waals surface area contributed by atoms with Crippen LogP contribution in [0.3, 0.4) is 0 Å². The Kier molecular flexibility index (Phi) is 3.59. The van der Waals surface area contributed by atoms with Gasteiger partial charge in [0.25, 0.3) is 5.56 Å². The summed E-state index contributed by atoms with van der Waals surface area (Å²) in [6, 6.07) is 5.31. The summed E-state index contributed by atoms with van der Waals surface area (Å²) in [7, 11) is 0. The first-order valence-corrected chi connectivity index (χ1v) is 6.60. The molecule has 3 rings (SSSR count). The largest absolute Gasteiger partial charge is 0.487 e. The fourth-order valence-corrected chi connectivity index (χ4v) is 2.10. The SMILES string of the molecule is CC(Cn1cnc2cnccc2c1=O)Oc1cccnc1. The Bertz CT molecular complexity index is 801. The lowest BCUT2D eigenvalue weighted by Gasteiger charge is -2.15. The van der Waals surface area contributed by atoms with Crippen LogP contribution in [0.5, 0.6) is 5.75 Å². The van der Waals surface area contributed by atoms with E-state index in [1.807, 2.05) is 13.0 Å². The lowest BCUT2D eigenvalue weighted by Crippen LogP contribution is -2.28. The number of hydrogen-bond donors (Lipinski definition) is 0. The average Bonchev–Trinajstić information content (AvgIpc) is 2.51. The van der Waals surface area contributed by atoms with Gasteiger partial charge in [0, 0.05) is 12.4 Å². The highest BCUT2D eigenvalue weighted by atomic mass is 16.5. The van der Waals surface area contributed by atoms with Crippen molar-refractivity contribution in [1.82, 2.24) is 19.5 Å². The van der Waals surface area contributed by atoms with Gasteiger partial charge >= 0.3 is 0 Å². The average molecular weight is 282 g/mol. The Hall–Kier alpha value is -2.76. The number of hydrogen-bond acceptors (Lipinski definition) is 5. The summed E-state index contributed by atoms with van der Waals surface area (Å²) in [5.74, 6) is 0.677. The summed E-state index contributed by atoms with van der Waals surface area (Å²) in [5.41, 5.74) is 0.503. The summed E-state index contributed by atoms with van der Waals surface area (Å²) in [6.45, 7) is 2.31. The van der Waals surface area contributed by atoms with E-state index in [0.29, 0.717) is 23.2 Å². The standard InChI is InChI=1S/C15H14N4O2/c1-11(21-12-3-2-5-16-7-12)9-19-10-18-14-8-17-6-4-13(14)15(19)20/h2-8,10-11H,9H2,1H3. The highest BCUT2D eigenvalue weighted by Crippen LogP contribution is 2.10. The molecule has 0 saturated carbocycles. The van der Waals surface area contributed by atoms with Crippen LogP contribution >= 0.6 is 0 Å². The van der Waals surface area contributed by atoms with Crippen LogP contribution in [0.4, 0.5) is 0 Å². The van der Waals surface area contributed by atoms with Gasteiger partial charge in [0.05, 0.1) is 36.2 Å². The maximum atomic E-state index is 12.3. The highest BCUT2D eigenvalue weighted by molar-refractivity contribution is 5.75. The molecule has 6 heteroatoms. The van der Waals surface area contributed by atoms with E-state index in [1.54, 1.807) is 41.5 Å². The van der Waals surface area contributed by atoms with Crippen molar-refractivity contribution in [3.8, 4) is 5.75 Å². The molecule has 0 spiro atoms. The molecule has 0 aliphatic heterocycles. The molecule has 0 saturated heterocycles. The van der Waals surface area contributed by atoms with Crippen LogP contribution in [-0.2, 0) is 6.54 Å². The van der Waals surface area contributed by atoms with Crippen LogP contribution in [-0.4, -0.2) is 25.6 Å². The maximum absolute atomic E-state index is 12.3. The molecule has 1 unspecified atom stereocenters. The van der Waals surface area contributed by atoms with Crippen LogP contribution in [0.1, 0.15) is 6.92 Å². The van der Waals surface area contributed by atoms with Crippen LogP contribution in [0.25, 0.3) is 10.9 Å². The van der Waals surface area contributed by atoms with E-state index in [-0.39, 0.29) is 11.7 Å². The van der Waals surface area contributed by atoms with Gasteiger partial charge in [0.1, 0.15) is 11.9 Å². The summed E-state index contributed by atoms with van der Waals surface area (Å²) in [6.07, 6.45) is 7.85. The van der Waals surface area contributed by atoms with Crippen molar-refractivity contribution in [1.29, 1.82) is 0 Å². The third kappa shape index (κ3) is 2.89. The van der Waals surface area contributed by atoms with Crippen molar-refractivity contribution in [2.45, 2.75) is 19.6 Å². The second-order valence-corrected chi connectivity index (χ2v) is 4.71. The van der Waals surface area contributed by atoms with E-state index < -0.39 is 0 Å². The Labute approximate surface area is 121 Å². The normalized spacial score (nSPS) is 12.2. The Morgan fingerprint density at radius 1 is 1.24 bits per heavy atom. The molecule has 0 bridgehead atoms. The van der Waals surface area contributed by atoms with Crippen molar-refractivity contribution in [2.75, 3.05) is 0 Å². The molecule has 3 aromatic rings. The molecular weight excluding hydrogens is 268 g/mol. The number of fused-ring (bicyclic) bond motifs is 1. The van der Waals surface area contributed by atoms with E-state index in [2.05, 4.69) is 15.0 Å². The lowest BCUT2D eigenvalue weighted by molar-refractivity contribution is 0.197. The van der Waals surface area contributed by atoms with Gasteiger partial charge in [-0.1, -0.05) is 0 Å². The molecular formula is C15H14N4O2. The van der Waals surface area contributed by atoms with E-state index in [9.17, 15) is 4.79 Å². The second-order valence-electron chi connectivity index (χ2n) is 4.71. The fraction of sp³-hybridized carbons (Fsp3) is 0.200. The zero-order valence-corrected chi connectivity index (χ0v) is 11.5. The van der Waals surface area contributed by atoms with Crippen LogP contribution in [0.15, 0.2) is 54.1 Å². The second kappa shape index (κ2) is 5.70. The van der Waals surface area contributed by atoms with E-state index >= 15 is 0 Å². The molecule has 0 amide bonds. The smallest absolute Gasteiger partial charge is 0.261 e. The van der Waals surface area contributed by atoms with E-state index in [0.717, 1.165) is 0 Å². The van der Waals surface area contributed by atoms with Gasteiger partial charge in [-0.2, -0.15) is 0 Å². The van der Waals surface area contributed by atoms with Crippen molar-refractivity contribution in [3.63, 3.8) is 0 Å². The predicted molar refractivity (Wildman–Crippen MR) is 78.1 cm³/mol. The fourth-order valence-electron chi connectivity index (χ4n) is 2.10. The Balaban J connectivity index is 1.82. The first-order chi connectivity index (χ1) is 10.2. The minimum absolute atomic E-state index is 0.0935. The molecule has 3 heterocycles. The maximum Gasteiger partial charge on any atom is 0.261 e. The first kappa shape index (κ1) is 13.2. The summed E-state index contributed by atoms with van der Waals surface area (Å²) >= 11 is 0. The highest BCUT2D eigenvalue weighted by Gasteiger charge is 2.09. The summed E-state index contributed by atoms with van der Waals surface area (Å²) < 4.78 is 7.27. The zero-order chi connectivity index (χ0) is 14.7. The molecule has 106 valence electrons. The molecule has 1 atom stereocenters. The number of nitrogens with zero attached hydrogens (tertiary/aromatic N) is 4. The molecule has 21 heavy (non-hydrogen) atoms. The minimum atomic E-state index is -0.173. The lowest BCUT2D eigenvalue weighted by atomic mass is 10.3. The third-order valence-corrected chi connectivity index (χ3v) is 3.05. The van der Waals surface area contributed by atoms with E-state index in [1.165, 1.54) is 6.33 Å². The van der Waals surface area contributed by atoms with Crippen LogP contribution in [0, 0.1) is 0 Å². The molecule has 0 aliphatic rings. The van der Waals surface area contributed by atoms with Gasteiger partial charge in [-0.25, -0.2) is 4.98 Å². The van der Waals surface area contributed by atoms with Crippen molar-refractivity contribution in [2.24, 2.45) is 0 Å². The van der Waals surface area contributed by atoms with E-state index in [4.69, 9.17) is 4.74 Å². The molecule has 3 aromatic heterocycles. The predicted octanol–water partition coefficient (Wildman–Crippen LogP) is 1.65. The van der Waals surface area contributed by atoms with Crippen molar-refractivity contribution in [3.05, 3.63) is 59.7 Å². The summed E-state index contributed by atoms with van der Waals surface area (Å²) in [4.78, 5) is 24.5. The van der Waals surface area contributed by atoms with Crippen LogP contribution in [0.2, 0.25) is 0 Å². The molecule has 6 nitrogen and oxygen atoms in total. The molecule has 0 fully saturated rings. The number of aromatic nitrogens is 4. The van der Waals surface area contributed by atoms with Gasteiger partial charge < -0.3 is 4.74 Å². The quantitative estimate of drug-likeness (QED) is 0.727. The van der Waals surface area contributed by atoms with Gasteiger partial charge in [-0.05, 0) is 25.1 Å². The molecule has 0 N–H and O–H groups in total. The zero-order valence-electron chi connectivity index (χ0n) is 11.5. The van der Waals surface area contributed by atoms with Crippen molar-refractivity contribution < 1.29 is 4.74 Å². The monoisotopic (exact) mass is 282 g/mol. The van der Waals surface area contributed by atoms with Gasteiger partial charge in [-0.3, -0.25) is 19.3 Å². The molecule has 0 radical (unpaired) electrons. The van der Waals surface area contributed by atoms with Crippen molar-refractivity contribution >= 4 is 10.9 Å². The van der Waals surface area contributed by atoms with Gasteiger partial charge in [-0.15, -0.1) is 0 Å². The first-order valence-electron chi connectivity index (χ1n) is 6.60. The van der Waals surface area contributed by atoms with Gasteiger partial charge in [0.2, 0.25) is 0 Å². The molecule has 0 aromatic carbocycles. The topological polar surface area (TPSA) is 69.9 Å². The summed E-state index contributed by atoms with van der Waals surface area (Å²) in [5, 5.41) is 0.557. The number of rotatable bonds is 4. The van der Waals surface area contributed by atoms with Gasteiger partial charge in [0.15, 0.2) is 0 Å². The molecule has 0 aliphatic carbocycles. The Morgan fingerprint density at radius 3 is 2.90 bits per heavy atom. The third-order valence-electron chi connectivity index (χ3n) is 3.05. The number of ether oxygens (including phenoxy) is 1. The Morgan fingerprint density at radius 2 is 2.10 bits per heavy atom. The van der Waals surface area contributed by atoms with Crippen LogP contribution < -0.4 is 10.3 Å². The minimum Gasteiger partial charge on any atom is -0.487 e.